The fourth-order valence-electron chi connectivity index (χ4n) is 8.48. The number of urea groups is 1. The Labute approximate surface area is 516 Å². The van der Waals surface area contributed by atoms with Gasteiger partial charge in [-0.2, -0.15) is 0 Å². The van der Waals surface area contributed by atoms with E-state index in [9.17, 15) is 43.2 Å². The topological polar surface area (TPSA) is 549 Å². The molecule has 480 valence electrons. The summed E-state index contributed by atoms with van der Waals surface area (Å²) in [6.07, 6.45) is 2.91. The van der Waals surface area contributed by atoms with Crippen LogP contribution in [0.1, 0.15) is 92.8 Å². The summed E-state index contributed by atoms with van der Waals surface area (Å²) in [5, 5.41) is 21.4. The van der Waals surface area contributed by atoms with E-state index in [1.807, 2.05) is 0 Å². The molecule has 0 spiro atoms. The largest absolute Gasteiger partial charge is 0.496 e. The summed E-state index contributed by atoms with van der Waals surface area (Å²) in [5.41, 5.74) is 50.1. The number of methoxy groups -OCH3 is 3. The van der Waals surface area contributed by atoms with Gasteiger partial charge < -0.3 is 108 Å². The lowest BCUT2D eigenvalue weighted by Crippen LogP contribution is -2.45. The molecule has 0 aliphatic carbocycles. The molecular weight excluding hydrogens is 1180 g/mol. The first-order valence-electron chi connectivity index (χ1n) is 27.5. The first-order valence-corrected chi connectivity index (χ1v) is 28.7. The number of ether oxygens (including phenoxy) is 3. The average molecular weight is 1260 g/mol. The van der Waals surface area contributed by atoms with Crippen LogP contribution >= 0.6 is 11.8 Å². The molecule has 26 N–H and O–H groups in total. The highest BCUT2D eigenvalue weighted by molar-refractivity contribution is 7.98. The number of rotatable bonds is 35. The number of aliphatic imine (C=N–C) groups is 3. The van der Waals surface area contributed by atoms with Crippen molar-refractivity contribution in [1.82, 2.24) is 21.3 Å². The number of nitrogens with zero attached hydrogens (tertiary/aromatic N) is 3. The SMILES string of the molecule is COc1ccc(NC(=O)[C@@H](CCCN=C(N)N)NC(=O)c2cc(NC(=O)[C@@H](CCCNC(N)=O)NC(=O)c3cc(NC(=O)[C@@H](CCCN=C(N)N)NC(=O)c4cc(NC(=O)[C@H](N)CCCN=C(N)N)ccc4OC)ccc3SC)ccc2OC)cc1C(N)=O. The lowest BCUT2D eigenvalue weighted by molar-refractivity contribution is -0.118. The first kappa shape index (κ1) is 70.9. The summed E-state index contributed by atoms with van der Waals surface area (Å²) in [5.74, 6) is -6.04. The van der Waals surface area contributed by atoms with Gasteiger partial charge in [0.25, 0.3) is 23.6 Å². The molecule has 33 heteroatoms. The fourth-order valence-corrected chi connectivity index (χ4v) is 9.06. The predicted molar refractivity (Wildman–Crippen MR) is 339 cm³/mol. The summed E-state index contributed by atoms with van der Waals surface area (Å²) < 4.78 is 16.2. The number of guanidine groups is 3. The molecule has 0 aliphatic rings. The maximum atomic E-state index is 14.4. The van der Waals surface area contributed by atoms with Crippen molar-refractivity contribution in [1.29, 1.82) is 0 Å². The summed E-state index contributed by atoms with van der Waals surface area (Å²) in [6.45, 7) is 0.473. The molecule has 0 aromatic heterocycles. The highest BCUT2D eigenvalue weighted by Gasteiger charge is 2.29. The second-order valence-corrected chi connectivity index (χ2v) is 20.3. The Morgan fingerprint density at radius 2 is 0.787 bits per heavy atom. The fraction of sp³-hybridized carbons (Fsp3) is 0.357. The van der Waals surface area contributed by atoms with Gasteiger partial charge in [-0.05, 0) is 130 Å². The van der Waals surface area contributed by atoms with E-state index >= 15 is 0 Å². The Morgan fingerprint density at radius 3 is 1.16 bits per heavy atom. The van der Waals surface area contributed by atoms with Crippen molar-refractivity contribution in [3.05, 3.63) is 95.1 Å². The van der Waals surface area contributed by atoms with Crippen molar-refractivity contribution in [3.8, 4) is 17.2 Å². The number of thioether (sulfide) groups is 1. The molecule has 0 fully saturated rings. The van der Waals surface area contributed by atoms with Crippen LogP contribution in [0.2, 0.25) is 0 Å². The van der Waals surface area contributed by atoms with Crippen molar-refractivity contribution >= 4 is 106 Å². The number of carbonyl (C=O) groups excluding carboxylic acids is 9. The van der Waals surface area contributed by atoms with Crippen LogP contribution in [0.25, 0.3) is 0 Å². The van der Waals surface area contributed by atoms with Gasteiger partial charge in [0.1, 0.15) is 35.4 Å². The quantitative estimate of drug-likeness (QED) is 0.0121. The van der Waals surface area contributed by atoms with Gasteiger partial charge in [-0.3, -0.25) is 53.3 Å². The number of hydrogen-bond acceptors (Lipinski definition) is 17. The maximum absolute atomic E-state index is 14.4. The van der Waals surface area contributed by atoms with Crippen molar-refractivity contribution in [3.63, 3.8) is 0 Å². The number of anilines is 4. The van der Waals surface area contributed by atoms with Crippen LogP contribution in [0.4, 0.5) is 27.5 Å². The van der Waals surface area contributed by atoms with Crippen LogP contribution in [0, 0.1) is 0 Å². The molecule has 10 amide bonds. The number of benzene rings is 4. The zero-order valence-electron chi connectivity index (χ0n) is 49.6. The van der Waals surface area contributed by atoms with Crippen LogP contribution in [-0.4, -0.2) is 149 Å². The van der Waals surface area contributed by atoms with E-state index in [4.69, 9.17) is 65.8 Å². The van der Waals surface area contributed by atoms with Crippen molar-refractivity contribution in [2.75, 3.05) is 75.0 Å². The Hall–Kier alpha value is -10.6. The predicted octanol–water partition coefficient (Wildman–Crippen LogP) is -0.380. The van der Waals surface area contributed by atoms with E-state index in [2.05, 4.69) is 57.5 Å². The van der Waals surface area contributed by atoms with Gasteiger partial charge in [0.05, 0.1) is 49.6 Å². The van der Waals surface area contributed by atoms with Gasteiger partial charge in [0.15, 0.2) is 17.9 Å². The number of carbonyl (C=O) groups is 9. The Kier molecular flexibility index (Phi) is 28.5. The van der Waals surface area contributed by atoms with Gasteiger partial charge in [-0.25, -0.2) is 4.79 Å². The second-order valence-electron chi connectivity index (χ2n) is 19.4. The molecule has 0 radical (unpaired) electrons. The molecule has 0 saturated carbocycles. The monoisotopic (exact) mass is 1250 g/mol. The van der Waals surface area contributed by atoms with Crippen LogP contribution in [0.5, 0.6) is 17.2 Å². The molecule has 0 heterocycles. The smallest absolute Gasteiger partial charge is 0.312 e. The minimum absolute atomic E-state index is 0.00604. The lowest BCUT2D eigenvalue weighted by Gasteiger charge is -2.22. The third-order valence-corrected chi connectivity index (χ3v) is 13.7. The second kappa shape index (κ2) is 35.8. The first-order chi connectivity index (χ1) is 42.4. The molecule has 89 heavy (non-hydrogen) atoms. The van der Waals surface area contributed by atoms with Gasteiger partial charge in [-0.15, -0.1) is 11.8 Å². The van der Waals surface area contributed by atoms with Crippen molar-refractivity contribution in [2.24, 2.45) is 66.6 Å². The maximum Gasteiger partial charge on any atom is 0.312 e. The Bertz CT molecular complexity index is 3280. The molecule has 32 nitrogen and oxygen atoms in total. The summed E-state index contributed by atoms with van der Waals surface area (Å²) >= 11 is 1.18. The van der Waals surface area contributed by atoms with E-state index in [1.165, 1.54) is 99.8 Å². The van der Waals surface area contributed by atoms with Crippen LogP contribution < -0.4 is 108 Å². The zero-order valence-corrected chi connectivity index (χ0v) is 50.4. The normalized spacial score (nSPS) is 11.9. The van der Waals surface area contributed by atoms with Gasteiger partial charge in [0, 0.05) is 53.8 Å². The number of nitrogens with one attached hydrogen (secondary N) is 8. The molecule has 4 aromatic carbocycles. The summed E-state index contributed by atoms with van der Waals surface area (Å²) in [7, 11) is 3.98. The molecular formula is C56H78N20O12S. The van der Waals surface area contributed by atoms with Gasteiger partial charge >= 0.3 is 6.03 Å². The number of amides is 10. The number of hydrogen-bond donors (Lipinski definition) is 17. The highest BCUT2D eigenvalue weighted by Crippen LogP contribution is 2.28. The molecule has 4 atom stereocenters. The lowest BCUT2D eigenvalue weighted by atomic mass is 10.1. The molecule has 0 unspecified atom stereocenters. The van der Waals surface area contributed by atoms with Crippen LogP contribution in [-0.2, 0) is 19.2 Å². The third-order valence-electron chi connectivity index (χ3n) is 12.9. The van der Waals surface area contributed by atoms with E-state index in [1.54, 1.807) is 12.3 Å². The van der Waals surface area contributed by atoms with Crippen LogP contribution in [0.3, 0.4) is 0 Å². The standard InChI is InChI=1S/C56H78N20O12S/c1-86-41-17-13-29(25-33(41)45(58)77)71-50(82)38(10-6-22-67-54(61)62)74-47(79)35-27-31(15-19-43(35)88-3)72-52(84)40(12-8-24-69-56(65)85)76-48(80)36-28-32(16-20-44(36)89-4)73-51(83)39(11-7-23-68-55(63)64)75-46(78)34-26-30(14-18-42(34)87-2)70-49(81)37(57)9-5-21-66-53(59)60/h13-20,25-28,37-40H,5-12,21-24,57H2,1-4H3,(H2,58,77)(H,70,81)(H,71,82)(H,72,84)(H,73,83)(H,74,79)(H,75,78)(H,76,80)(H4,59,60,66)(H4,61,62,67)(H4,63,64,68)(H3,65,69,85)/t37-,38-,39-,40-/m1/s1. The summed E-state index contributed by atoms with van der Waals surface area (Å²) in [4.78, 5) is 134. The van der Waals surface area contributed by atoms with Gasteiger partial charge in [0.2, 0.25) is 23.6 Å². The molecule has 0 aliphatic heterocycles. The Balaban J connectivity index is 1.60. The van der Waals surface area contributed by atoms with Gasteiger partial charge in [-0.1, -0.05) is 0 Å². The minimum Gasteiger partial charge on any atom is -0.496 e. The van der Waals surface area contributed by atoms with Crippen molar-refractivity contribution in [2.45, 2.75) is 80.4 Å². The van der Waals surface area contributed by atoms with E-state index < -0.39 is 77.5 Å². The number of primary amides is 2. The average Bonchev–Trinajstić information content (AvgIpc) is 2.33. The number of nitrogens with two attached hydrogens (primary N) is 9. The minimum atomic E-state index is -1.32. The third kappa shape index (κ3) is 23.3. The molecule has 4 rings (SSSR count). The van der Waals surface area contributed by atoms with Crippen molar-refractivity contribution < 1.29 is 57.4 Å². The van der Waals surface area contributed by atoms with E-state index in [0.29, 0.717) is 11.3 Å². The molecule has 4 aromatic rings. The Morgan fingerprint density at radius 1 is 0.449 bits per heavy atom. The zero-order chi connectivity index (χ0) is 65.7. The highest BCUT2D eigenvalue weighted by atomic mass is 32.2. The summed E-state index contributed by atoms with van der Waals surface area (Å²) in [6, 6.07) is 11.5. The van der Waals surface area contributed by atoms with E-state index in [-0.39, 0.29) is 151 Å². The van der Waals surface area contributed by atoms with E-state index in [0.717, 1.165) is 0 Å². The molecule has 0 bridgehead atoms. The van der Waals surface area contributed by atoms with Crippen LogP contribution in [0.15, 0.2) is 92.7 Å². The molecule has 0 saturated heterocycles.